The lowest BCUT2D eigenvalue weighted by molar-refractivity contribution is 0.0607. The molecular weight excluding hydrogens is 426 g/mol. The number of thiazole rings is 1. The van der Waals surface area contributed by atoms with Gasteiger partial charge in [-0.1, -0.05) is 55.0 Å². The normalized spacial score (nSPS) is 10.8. The van der Waals surface area contributed by atoms with Crippen LogP contribution in [0.3, 0.4) is 0 Å². The maximum atomic E-state index is 12.2. The number of hydrogen-bond donors (Lipinski definition) is 1. The zero-order valence-corrected chi connectivity index (χ0v) is 19.3. The van der Waals surface area contributed by atoms with Gasteiger partial charge in [-0.05, 0) is 37.1 Å². The summed E-state index contributed by atoms with van der Waals surface area (Å²) in [6.07, 6.45) is 3.73. The average molecular weight is 454 g/mol. The lowest BCUT2D eigenvalue weighted by Crippen LogP contribution is -2.01. The number of carbonyl (C=O) groups excluding carboxylic acids is 1. The Kier molecular flexibility index (Phi) is 8.62. The number of esters is 1. The largest absolute Gasteiger partial charge is 0.490 e. The van der Waals surface area contributed by atoms with Crippen LogP contribution in [-0.2, 0) is 4.74 Å². The summed E-state index contributed by atoms with van der Waals surface area (Å²) in [5, 5.41) is 4.77. The van der Waals surface area contributed by atoms with Crippen molar-refractivity contribution >= 4 is 28.7 Å². The maximum absolute atomic E-state index is 12.2. The van der Waals surface area contributed by atoms with E-state index >= 15 is 0 Å². The van der Waals surface area contributed by atoms with E-state index in [9.17, 15) is 4.79 Å². The van der Waals surface area contributed by atoms with Gasteiger partial charge in [-0.3, -0.25) is 5.43 Å². The number of hydrazone groups is 1. The zero-order chi connectivity index (χ0) is 22.8. The number of aromatic nitrogens is 1. The molecule has 1 heterocycles. The molecule has 8 heteroatoms. The first-order valence-corrected chi connectivity index (χ1v) is 11.3. The SMILES string of the molecule is CCCCOc1ccc(/C=N\Nc2nc(-c3ccccc3)c(C(=O)OC)s2)cc1OCC. The third-order valence-electron chi connectivity index (χ3n) is 4.44. The van der Waals surface area contributed by atoms with Crippen molar-refractivity contribution in [1.82, 2.24) is 4.98 Å². The highest BCUT2D eigenvalue weighted by Gasteiger charge is 2.20. The molecule has 0 aliphatic rings. The van der Waals surface area contributed by atoms with Crippen molar-refractivity contribution in [3.8, 4) is 22.8 Å². The van der Waals surface area contributed by atoms with Crippen molar-refractivity contribution < 1.29 is 19.0 Å². The number of methoxy groups -OCH3 is 1. The highest BCUT2D eigenvalue weighted by Crippen LogP contribution is 2.32. The molecule has 168 valence electrons. The van der Waals surface area contributed by atoms with Crippen LogP contribution >= 0.6 is 11.3 Å². The van der Waals surface area contributed by atoms with Crippen LogP contribution in [0.15, 0.2) is 53.6 Å². The highest BCUT2D eigenvalue weighted by molar-refractivity contribution is 7.17. The molecule has 0 aliphatic carbocycles. The Labute approximate surface area is 192 Å². The number of ether oxygens (including phenoxy) is 3. The van der Waals surface area contributed by atoms with Gasteiger partial charge in [0.25, 0.3) is 0 Å². The number of carbonyl (C=O) groups is 1. The number of anilines is 1. The van der Waals surface area contributed by atoms with E-state index in [1.165, 1.54) is 18.4 Å². The van der Waals surface area contributed by atoms with E-state index in [1.807, 2.05) is 55.5 Å². The van der Waals surface area contributed by atoms with Crippen molar-refractivity contribution in [3.05, 3.63) is 59.0 Å². The second-order valence-electron chi connectivity index (χ2n) is 6.77. The lowest BCUT2D eigenvalue weighted by Gasteiger charge is -2.12. The fourth-order valence-electron chi connectivity index (χ4n) is 2.87. The van der Waals surface area contributed by atoms with Gasteiger partial charge in [0.2, 0.25) is 5.13 Å². The van der Waals surface area contributed by atoms with Crippen LogP contribution in [0.25, 0.3) is 11.3 Å². The average Bonchev–Trinajstić information content (AvgIpc) is 3.25. The van der Waals surface area contributed by atoms with Gasteiger partial charge >= 0.3 is 5.97 Å². The molecule has 0 radical (unpaired) electrons. The van der Waals surface area contributed by atoms with Gasteiger partial charge in [0.15, 0.2) is 11.5 Å². The van der Waals surface area contributed by atoms with E-state index in [-0.39, 0.29) is 0 Å². The lowest BCUT2D eigenvalue weighted by atomic mass is 10.1. The number of rotatable bonds is 11. The van der Waals surface area contributed by atoms with Gasteiger partial charge in [-0.25, -0.2) is 9.78 Å². The van der Waals surface area contributed by atoms with Crippen LogP contribution < -0.4 is 14.9 Å². The third-order valence-corrected chi connectivity index (χ3v) is 5.38. The number of unbranched alkanes of at least 4 members (excludes halogenated alkanes) is 1. The van der Waals surface area contributed by atoms with Crippen molar-refractivity contribution in [1.29, 1.82) is 0 Å². The molecule has 0 bridgehead atoms. The van der Waals surface area contributed by atoms with E-state index in [0.717, 1.165) is 29.7 Å². The Morgan fingerprint density at radius 2 is 1.94 bits per heavy atom. The van der Waals surface area contributed by atoms with E-state index < -0.39 is 5.97 Å². The fraction of sp³-hybridized carbons (Fsp3) is 0.292. The molecule has 0 aliphatic heterocycles. The summed E-state index contributed by atoms with van der Waals surface area (Å²) in [4.78, 5) is 17.1. The first-order valence-electron chi connectivity index (χ1n) is 10.5. The van der Waals surface area contributed by atoms with Gasteiger partial charge in [0.1, 0.15) is 4.88 Å². The Hall–Kier alpha value is -3.39. The number of nitrogens with one attached hydrogen (secondary N) is 1. The molecule has 0 unspecified atom stereocenters. The first kappa shape index (κ1) is 23.3. The molecule has 0 spiro atoms. The summed E-state index contributed by atoms with van der Waals surface area (Å²) in [6.45, 7) is 5.26. The molecule has 7 nitrogen and oxygen atoms in total. The topological polar surface area (TPSA) is 82.0 Å². The fourth-order valence-corrected chi connectivity index (χ4v) is 3.73. The number of benzene rings is 2. The molecule has 0 amide bonds. The number of hydrogen-bond acceptors (Lipinski definition) is 8. The van der Waals surface area contributed by atoms with Gasteiger partial charge in [-0.15, -0.1) is 0 Å². The molecule has 3 rings (SSSR count). The Bertz CT molecular complexity index is 1050. The summed E-state index contributed by atoms with van der Waals surface area (Å²) in [5.41, 5.74) is 5.15. The smallest absolute Gasteiger partial charge is 0.350 e. The quantitative estimate of drug-likeness (QED) is 0.176. The van der Waals surface area contributed by atoms with Crippen LogP contribution in [0.1, 0.15) is 41.9 Å². The van der Waals surface area contributed by atoms with Gasteiger partial charge < -0.3 is 14.2 Å². The van der Waals surface area contributed by atoms with Crippen LogP contribution in [0.5, 0.6) is 11.5 Å². The van der Waals surface area contributed by atoms with Gasteiger partial charge in [-0.2, -0.15) is 5.10 Å². The highest BCUT2D eigenvalue weighted by atomic mass is 32.1. The second-order valence-corrected chi connectivity index (χ2v) is 7.76. The van der Waals surface area contributed by atoms with Gasteiger partial charge in [0.05, 0.1) is 32.2 Å². The van der Waals surface area contributed by atoms with Crippen LogP contribution in [0, 0.1) is 0 Å². The molecule has 32 heavy (non-hydrogen) atoms. The van der Waals surface area contributed by atoms with Gasteiger partial charge in [0, 0.05) is 5.56 Å². The molecule has 0 saturated carbocycles. The Morgan fingerprint density at radius 1 is 1.12 bits per heavy atom. The molecule has 0 fully saturated rings. The molecule has 1 N–H and O–H groups in total. The molecule has 0 saturated heterocycles. The Morgan fingerprint density at radius 3 is 2.66 bits per heavy atom. The maximum Gasteiger partial charge on any atom is 0.350 e. The molecule has 1 aromatic heterocycles. The molecule has 2 aromatic carbocycles. The van der Waals surface area contributed by atoms with Crippen LogP contribution in [-0.4, -0.2) is 37.5 Å². The minimum absolute atomic E-state index is 0.420. The zero-order valence-electron chi connectivity index (χ0n) is 18.5. The van der Waals surface area contributed by atoms with E-state index in [2.05, 4.69) is 22.4 Å². The van der Waals surface area contributed by atoms with Crippen LogP contribution in [0.4, 0.5) is 5.13 Å². The number of nitrogens with zero attached hydrogens (tertiary/aromatic N) is 2. The van der Waals surface area contributed by atoms with E-state index in [0.29, 0.717) is 34.7 Å². The predicted octanol–water partition coefficient (Wildman–Crippen LogP) is 5.62. The predicted molar refractivity (Wildman–Crippen MR) is 128 cm³/mol. The first-order chi connectivity index (χ1) is 15.7. The van der Waals surface area contributed by atoms with Crippen LogP contribution in [0.2, 0.25) is 0 Å². The molecule has 3 aromatic rings. The summed E-state index contributed by atoms with van der Waals surface area (Å²) in [5.74, 6) is 0.972. The summed E-state index contributed by atoms with van der Waals surface area (Å²) in [7, 11) is 1.35. The summed E-state index contributed by atoms with van der Waals surface area (Å²) < 4.78 is 16.4. The van der Waals surface area contributed by atoms with Crippen molar-refractivity contribution in [2.24, 2.45) is 5.10 Å². The van der Waals surface area contributed by atoms with Crippen molar-refractivity contribution in [3.63, 3.8) is 0 Å². The van der Waals surface area contributed by atoms with E-state index in [1.54, 1.807) is 6.21 Å². The minimum atomic E-state index is -0.432. The van der Waals surface area contributed by atoms with Crippen molar-refractivity contribution in [2.45, 2.75) is 26.7 Å². The van der Waals surface area contributed by atoms with E-state index in [4.69, 9.17) is 14.2 Å². The summed E-state index contributed by atoms with van der Waals surface area (Å²) >= 11 is 1.19. The monoisotopic (exact) mass is 453 g/mol. The second kappa shape index (κ2) is 11.9. The minimum Gasteiger partial charge on any atom is -0.490 e. The molecular formula is C24H27N3O4S. The molecule has 0 atom stereocenters. The third kappa shape index (κ3) is 6.07. The Balaban J connectivity index is 1.76. The standard InChI is InChI=1S/C24H27N3O4S/c1-4-6-14-31-19-13-12-17(15-20(19)30-5-2)16-25-27-24-26-21(18-10-8-7-9-11-18)22(32-24)23(28)29-3/h7-13,15-16H,4-6,14H2,1-3H3,(H,26,27)/b25-16-. The summed E-state index contributed by atoms with van der Waals surface area (Å²) in [6, 6.07) is 15.2. The van der Waals surface area contributed by atoms with Crippen molar-refractivity contribution in [2.75, 3.05) is 25.7 Å².